The summed E-state index contributed by atoms with van der Waals surface area (Å²) in [6, 6.07) is 8.69. The van der Waals surface area contributed by atoms with Gasteiger partial charge in [-0.05, 0) is 79.4 Å². The van der Waals surface area contributed by atoms with Crippen LogP contribution in [0.1, 0.15) is 44.1 Å². The van der Waals surface area contributed by atoms with E-state index in [1.807, 2.05) is 6.07 Å². The summed E-state index contributed by atoms with van der Waals surface area (Å²) in [4.78, 5) is 0. The normalized spacial score (nSPS) is 43.0. The molecule has 0 spiro atoms. The first-order valence-corrected chi connectivity index (χ1v) is 7.37. The summed E-state index contributed by atoms with van der Waals surface area (Å²) in [5.74, 6) is 3.04. The van der Waals surface area contributed by atoms with Crippen molar-refractivity contribution in [2.45, 2.75) is 43.9 Å². The maximum Gasteiger partial charge on any atom is 0.0408 e. The van der Waals surface area contributed by atoms with Crippen LogP contribution >= 0.6 is 11.6 Å². The van der Waals surface area contributed by atoms with Crippen molar-refractivity contribution in [3.63, 3.8) is 0 Å². The first-order chi connectivity index (χ1) is 8.23. The van der Waals surface area contributed by atoms with Gasteiger partial charge in [0.15, 0.2) is 0 Å². The zero-order chi connectivity index (χ0) is 11.5. The van der Waals surface area contributed by atoms with Crippen LogP contribution in [0.25, 0.3) is 0 Å². The van der Waals surface area contributed by atoms with E-state index in [0.29, 0.717) is 5.41 Å². The van der Waals surface area contributed by atoms with E-state index in [4.69, 9.17) is 11.6 Å². The molecule has 0 amide bonds. The first kappa shape index (κ1) is 10.4. The highest BCUT2D eigenvalue weighted by molar-refractivity contribution is 6.30. The predicted molar refractivity (Wildman–Crippen MR) is 71.3 cm³/mol. The fraction of sp³-hybridized carbons (Fsp3) is 0.625. The van der Waals surface area contributed by atoms with E-state index in [1.165, 1.54) is 44.1 Å². The van der Waals surface area contributed by atoms with Crippen molar-refractivity contribution in [1.29, 1.82) is 0 Å². The predicted octanol–water partition coefficient (Wildman–Crippen LogP) is 4.81. The molecule has 4 saturated carbocycles. The summed E-state index contributed by atoms with van der Waals surface area (Å²) < 4.78 is 0. The first-order valence-electron chi connectivity index (χ1n) is 7.00. The lowest BCUT2D eigenvalue weighted by Gasteiger charge is -2.57. The lowest BCUT2D eigenvalue weighted by Crippen LogP contribution is -2.48. The number of benzene rings is 1. The molecule has 90 valence electrons. The van der Waals surface area contributed by atoms with Gasteiger partial charge in [0.2, 0.25) is 0 Å². The van der Waals surface area contributed by atoms with E-state index in [0.717, 1.165) is 22.8 Å². The molecule has 1 aromatic rings. The third-order valence-electron chi connectivity index (χ3n) is 5.48. The van der Waals surface area contributed by atoms with Crippen LogP contribution in [0, 0.1) is 17.8 Å². The molecule has 5 rings (SSSR count). The summed E-state index contributed by atoms with van der Waals surface area (Å²) in [7, 11) is 0. The fourth-order valence-electron chi connectivity index (χ4n) is 5.28. The minimum Gasteiger partial charge on any atom is -0.0843 e. The van der Waals surface area contributed by atoms with Crippen LogP contribution in [0.4, 0.5) is 0 Å². The highest BCUT2D eigenvalue weighted by Gasteiger charge is 2.51. The minimum absolute atomic E-state index is 0.500. The third kappa shape index (κ3) is 1.57. The Morgan fingerprint density at radius 2 is 1.53 bits per heavy atom. The molecule has 0 N–H and O–H groups in total. The van der Waals surface area contributed by atoms with Crippen molar-refractivity contribution >= 4 is 11.6 Å². The molecule has 0 nitrogen and oxygen atoms in total. The maximum absolute atomic E-state index is 6.19. The van der Waals surface area contributed by atoms with Crippen LogP contribution in [0.2, 0.25) is 5.02 Å². The molecular formula is C16H19Cl. The van der Waals surface area contributed by atoms with E-state index in [1.54, 1.807) is 0 Å². The second-order valence-electron chi connectivity index (χ2n) is 6.71. The highest BCUT2D eigenvalue weighted by atomic mass is 35.5. The van der Waals surface area contributed by atoms with Gasteiger partial charge in [-0.15, -0.1) is 0 Å². The van der Waals surface area contributed by atoms with E-state index < -0.39 is 0 Å². The SMILES string of the molecule is Clc1cccc(C23CC4CC(CC(C4)C2)C3)c1. The molecule has 0 aliphatic heterocycles. The van der Waals surface area contributed by atoms with E-state index in [9.17, 15) is 0 Å². The smallest absolute Gasteiger partial charge is 0.0408 e. The van der Waals surface area contributed by atoms with Crippen molar-refractivity contribution in [2.75, 3.05) is 0 Å². The largest absolute Gasteiger partial charge is 0.0843 e. The lowest BCUT2D eigenvalue weighted by atomic mass is 9.48. The summed E-state index contributed by atoms with van der Waals surface area (Å²) in [6.07, 6.45) is 8.83. The Bertz CT molecular complexity index is 413. The number of hydrogen-bond acceptors (Lipinski definition) is 0. The fourth-order valence-corrected chi connectivity index (χ4v) is 5.47. The average Bonchev–Trinajstić information content (AvgIpc) is 2.27. The molecule has 4 bridgehead atoms. The minimum atomic E-state index is 0.500. The van der Waals surface area contributed by atoms with Crippen LogP contribution in [-0.4, -0.2) is 0 Å². The topological polar surface area (TPSA) is 0 Å². The zero-order valence-electron chi connectivity index (χ0n) is 10.2. The quantitative estimate of drug-likeness (QED) is 0.667. The molecule has 17 heavy (non-hydrogen) atoms. The van der Waals surface area contributed by atoms with Gasteiger partial charge in [-0.3, -0.25) is 0 Å². The highest BCUT2D eigenvalue weighted by Crippen LogP contribution is 2.60. The molecule has 0 radical (unpaired) electrons. The van der Waals surface area contributed by atoms with Crippen LogP contribution in [-0.2, 0) is 5.41 Å². The van der Waals surface area contributed by atoms with Crippen molar-refractivity contribution in [1.82, 2.24) is 0 Å². The maximum atomic E-state index is 6.19. The van der Waals surface area contributed by atoms with Crippen LogP contribution in [0.15, 0.2) is 24.3 Å². The molecule has 0 heterocycles. The van der Waals surface area contributed by atoms with Gasteiger partial charge in [-0.25, -0.2) is 0 Å². The monoisotopic (exact) mass is 246 g/mol. The summed E-state index contributed by atoms with van der Waals surface area (Å²) in [5.41, 5.74) is 2.03. The summed E-state index contributed by atoms with van der Waals surface area (Å²) in [5, 5.41) is 0.915. The Labute approximate surface area is 108 Å². The van der Waals surface area contributed by atoms with Gasteiger partial charge in [0.25, 0.3) is 0 Å². The van der Waals surface area contributed by atoms with Gasteiger partial charge < -0.3 is 0 Å². The van der Waals surface area contributed by atoms with Gasteiger partial charge >= 0.3 is 0 Å². The van der Waals surface area contributed by atoms with E-state index in [-0.39, 0.29) is 0 Å². The van der Waals surface area contributed by atoms with Crippen LogP contribution < -0.4 is 0 Å². The van der Waals surface area contributed by atoms with E-state index in [2.05, 4.69) is 18.2 Å². The lowest BCUT2D eigenvalue weighted by molar-refractivity contribution is -0.00518. The van der Waals surface area contributed by atoms with Gasteiger partial charge in [0.05, 0.1) is 0 Å². The number of rotatable bonds is 1. The average molecular weight is 247 g/mol. The molecule has 0 unspecified atom stereocenters. The molecule has 1 heteroatoms. The molecule has 4 fully saturated rings. The van der Waals surface area contributed by atoms with Gasteiger partial charge in [0, 0.05) is 5.02 Å². The molecule has 0 aromatic heterocycles. The molecule has 4 aliphatic rings. The van der Waals surface area contributed by atoms with Crippen molar-refractivity contribution in [2.24, 2.45) is 17.8 Å². The number of hydrogen-bond donors (Lipinski definition) is 0. The second kappa shape index (κ2) is 3.51. The zero-order valence-corrected chi connectivity index (χ0v) is 10.9. The third-order valence-corrected chi connectivity index (χ3v) is 5.71. The van der Waals surface area contributed by atoms with Crippen molar-refractivity contribution in [3.8, 4) is 0 Å². The molecule has 4 aliphatic carbocycles. The standard InChI is InChI=1S/C16H19Cl/c17-15-3-1-2-14(7-15)16-8-11-4-12(9-16)6-13(5-11)10-16/h1-3,7,11-13H,4-6,8-10H2. The summed E-state index contributed by atoms with van der Waals surface area (Å²) >= 11 is 6.19. The Hall–Kier alpha value is -0.490. The van der Waals surface area contributed by atoms with Gasteiger partial charge in [-0.1, -0.05) is 23.7 Å². The Balaban J connectivity index is 1.77. The molecule has 1 aromatic carbocycles. The Morgan fingerprint density at radius 1 is 0.941 bits per heavy atom. The van der Waals surface area contributed by atoms with Crippen LogP contribution in [0.3, 0.4) is 0 Å². The van der Waals surface area contributed by atoms with E-state index >= 15 is 0 Å². The van der Waals surface area contributed by atoms with Crippen LogP contribution in [0.5, 0.6) is 0 Å². The van der Waals surface area contributed by atoms with Gasteiger partial charge in [0.1, 0.15) is 0 Å². The van der Waals surface area contributed by atoms with Crippen molar-refractivity contribution in [3.05, 3.63) is 34.9 Å². The Kier molecular flexibility index (Phi) is 2.15. The molecular weight excluding hydrogens is 228 g/mol. The van der Waals surface area contributed by atoms with Crippen molar-refractivity contribution < 1.29 is 0 Å². The second-order valence-corrected chi connectivity index (χ2v) is 7.14. The Morgan fingerprint density at radius 3 is 2.06 bits per heavy atom. The number of halogens is 1. The van der Waals surface area contributed by atoms with Gasteiger partial charge in [-0.2, -0.15) is 0 Å². The molecule has 0 atom stereocenters. The molecule has 0 saturated heterocycles. The summed E-state index contributed by atoms with van der Waals surface area (Å²) in [6.45, 7) is 0.